The Morgan fingerprint density at radius 1 is 1.36 bits per heavy atom. The normalized spacial score (nSPS) is 14.1. The summed E-state index contributed by atoms with van der Waals surface area (Å²) in [5.74, 6) is -1.71. The molecule has 78 valence electrons. The maximum Gasteiger partial charge on any atom is 0.330 e. The second kappa shape index (κ2) is 3.78. The van der Waals surface area contributed by atoms with E-state index in [1.165, 1.54) is 0 Å². The molecule has 0 saturated heterocycles. The number of aliphatic hydroxyl groups is 1. The summed E-state index contributed by atoms with van der Waals surface area (Å²) in [6.07, 6.45) is -2.16. The molecule has 6 heteroatoms. The van der Waals surface area contributed by atoms with Crippen LogP contribution >= 0.6 is 15.9 Å². The summed E-state index contributed by atoms with van der Waals surface area (Å²) in [5, 5.41) is 17.8. The first-order valence-corrected chi connectivity index (χ1v) is 4.35. The van der Waals surface area contributed by atoms with Crippen molar-refractivity contribution >= 4 is 15.9 Å². The number of alkyl halides is 3. The third-order valence-corrected chi connectivity index (χ3v) is 2.03. The van der Waals surface area contributed by atoms with Crippen LogP contribution in [0, 0.1) is 5.82 Å². The van der Waals surface area contributed by atoms with Gasteiger partial charge in [-0.1, -0.05) is 6.07 Å². The van der Waals surface area contributed by atoms with E-state index < -0.39 is 22.5 Å². The Labute approximate surface area is 86.1 Å². The molecule has 0 amide bonds. The number of benzene rings is 1. The van der Waals surface area contributed by atoms with Gasteiger partial charge in [-0.3, -0.25) is 0 Å². The Kier molecular flexibility index (Phi) is 3.06. The highest BCUT2D eigenvalue weighted by Crippen LogP contribution is 2.37. The maximum atomic E-state index is 12.7. The minimum atomic E-state index is -3.53. The van der Waals surface area contributed by atoms with Crippen LogP contribution in [0.3, 0.4) is 0 Å². The molecule has 0 aliphatic rings. The summed E-state index contributed by atoms with van der Waals surface area (Å²) in [6, 6.07) is 2.56. The van der Waals surface area contributed by atoms with Crippen LogP contribution in [0.15, 0.2) is 18.2 Å². The molecule has 2 N–H and O–H groups in total. The molecule has 0 aliphatic carbocycles. The number of phenols is 1. The Balaban J connectivity index is 3.03. The molecule has 0 heterocycles. The molecule has 0 radical (unpaired) electrons. The van der Waals surface area contributed by atoms with E-state index >= 15 is 0 Å². The van der Waals surface area contributed by atoms with Crippen molar-refractivity contribution in [2.75, 3.05) is 0 Å². The minimum absolute atomic E-state index is 0.317. The number of phenolic OH excluding ortho intramolecular Hbond substituents is 1. The van der Waals surface area contributed by atoms with Crippen molar-refractivity contribution in [2.45, 2.75) is 10.9 Å². The van der Waals surface area contributed by atoms with Gasteiger partial charge < -0.3 is 10.2 Å². The standard InChI is InChI=1S/C8H6BrF3O2/c9-8(11,12)7(14)4-1-2-6(13)5(10)3-4/h1-3,7,13-14H. The largest absolute Gasteiger partial charge is 0.505 e. The second-order valence-electron chi connectivity index (χ2n) is 2.65. The smallest absolute Gasteiger partial charge is 0.330 e. The van der Waals surface area contributed by atoms with E-state index in [1.807, 2.05) is 15.9 Å². The summed E-state index contributed by atoms with van der Waals surface area (Å²) in [4.78, 5) is -3.53. The van der Waals surface area contributed by atoms with Crippen molar-refractivity contribution in [1.29, 1.82) is 0 Å². The third kappa shape index (κ3) is 2.39. The van der Waals surface area contributed by atoms with Gasteiger partial charge in [-0.25, -0.2) is 4.39 Å². The van der Waals surface area contributed by atoms with E-state index in [1.54, 1.807) is 0 Å². The fourth-order valence-electron chi connectivity index (χ4n) is 0.882. The first kappa shape index (κ1) is 11.3. The zero-order valence-corrected chi connectivity index (χ0v) is 8.30. The Bertz CT molecular complexity index is 338. The number of aliphatic hydroxyl groups excluding tert-OH is 1. The lowest BCUT2D eigenvalue weighted by Gasteiger charge is -2.16. The highest BCUT2D eigenvalue weighted by Gasteiger charge is 2.36. The average molecular weight is 271 g/mol. The van der Waals surface area contributed by atoms with E-state index in [2.05, 4.69) is 0 Å². The van der Waals surface area contributed by atoms with E-state index in [-0.39, 0.29) is 5.56 Å². The lowest BCUT2D eigenvalue weighted by molar-refractivity contribution is -0.0296. The fraction of sp³-hybridized carbons (Fsp3) is 0.250. The van der Waals surface area contributed by atoms with Crippen molar-refractivity contribution in [3.8, 4) is 5.75 Å². The van der Waals surface area contributed by atoms with Crippen LogP contribution in [0.5, 0.6) is 5.75 Å². The zero-order valence-electron chi connectivity index (χ0n) is 6.72. The number of halogens is 4. The van der Waals surface area contributed by atoms with E-state index in [0.717, 1.165) is 12.1 Å². The summed E-state index contributed by atoms with van der Waals surface area (Å²) < 4.78 is 37.7. The van der Waals surface area contributed by atoms with Crippen LogP contribution in [0.4, 0.5) is 13.2 Å². The first-order chi connectivity index (χ1) is 6.32. The fourth-order valence-corrected chi connectivity index (χ4v) is 1.15. The van der Waals surface area contributed by atoms with Crippen molar-refractivity contribution in [3.63, 3.8) is 0 Å². The van der Waals surface area contributed by atoms with E-state index in [0.29, 0.717) is 6.07 Å². The van der Waals surface area contributed by atoms with Gasteiger partial charge in [-0.15, -0.1) is 0 Å². The lowest BCUT2D eigenvalue weighted by atomic mass is 10.1. The van der Waals surface area contributed by atoms with Crippen LogP contribution in [0.1, 0.15) is 11.7 Å². The van der Waals surface area contributed by atoms with Crippen LogP contribution in [0.2, 0.25) is 0 Å². The average Bonchev–Trinajstić information content (AvgIpc) is 2.07. The molecule has 1 rings (SSSR count). The van der Waals surface area contributed by atoms with Gasteiger partial charge in [0.1, 0.15) is 0 Å². The van der Waals surface area contributed by atoms with Crippen molar-refractivity contribution in [3.05, 3.63) is 29.6 Å². The second-order valence-corrected chi connectivity index (χ2v) is 3.71. The van der Waals surface area contributed by atoms with Gasteiger partial charge in [0.15, 0.2) is 17.7 Å². The van der Waals surface area contributed by atoms with Crippen molar-refractivity contribution in [1.82, 2.24) is 0 Å². The molecule has 0 fully saturated rings. The predicted molar refractivity (Wildman–Crippen MR) is 46.9 cm³/mol. The van der Waals surface area contributed by atoms with Gasteiger partial charge in [-0.05, 0) is 33.6 Å². The molecule has 0 bridgehead atoms. The van der Waals surface area contributed by atoms with Gasteiger partial charge in [0.05, 0.1) is 0 Å². The highest BCUT2D eigenvalue weighted by molar-refractivity contribution is 9.10. The Morgan fingerprint density at radius 2 is 1.93 bits per heavy atom. The van der Waals surface area contributed by atoms with Gasteiger partial charge in [0.2, 0.25) is 0 Å². The predicted octanol–water partition coefficient (Wildman–Crippen LogP) is 2.55. The van der Waals surface area contributed by atoms with Gasteiger partial charge >= 0.3 is 4.83 Å². The summed E-state index contributed by atoms with van der Waals surface area (Å²) in [5.41, 5.74) is -0.317. The summed E-state index contributed by atoms with van der Waals surface area (Å²) in [7, 11) is 0. The molecule has 0 saturated carbocycles. The number of hydrogen-bond donors (Lipinski definition) is 2. The molecule has 0 aliphatic heterocycles. The molecule has 1 aromatic rings. The Morgan fingerprint density at radius 3 is 2.36 bits per heavy atom. The molecule has 0 spiro atoms. The number of aromatic hydroxyl groups is 1. The van der Waals surface area contributed by atoms with Gasteiger partial charge in [0, 0.05) is 0 Å². The number of rotatable bonds is 2. The van der Waals surface area contributed by atoms with Crippen LogP contribution in [-0.4, -0.2) is 15.0 Å². The van der Waals surface area contributed by atoms with E-state index in [9.17, 15) is 13.2 Å². The minimum Gasteiger partial charge on any atom is -0.505 e. The molecule has 1 unspecified atom stereocenters. The molecular formula is C8H6BrF3O2. The summed E-state index contributed by atoms with van der Waals surface area (Å²) in [6.45, 7) is 0. The van der Waals surface area contributed by atoms with Gasteiger partial charge in [0.25, 0.3) is 0 Å². The Hall–Kier alpha value is -0.750. The van der Waals surface area contributed by atoms with Crippen molar-refractivity contribution < 1.29 is 23.4 Å². The van der Waals surface area contributed by atoms with Crippen LogP contribution in [-0.2, 0) is 0 Å². The monoisotopic (exact) mass is 270 g/mol. The molecule has 2 nitrogen and oxygen atoms in total. The number of hydrogen-bond acceptors (Lipinski definition) is 2. The third-order valence-electron chi connectivity index (χ3n) is 1.60. The molecule has 1 atom stereocenters. The molecule has 14 heavy (non-hydrogen) atoms. The topological polar surface area (TPSA) is 40.5 Å². The zero-order chi connectivity index (χ0) is 10.9. The SMILES string of the molecule is Oc1ccc(C(O)C(F)(F)Br)cc1F. The highest BCUT2D eigenvalue weighted by atomic mass is 79.9. The lowest BCUT2D eigenvalue weighted by Crippen LogP contribution is -2.18. The van der Waals surface area contributed by atoms with Crippen molar-refractivity contribution in [2.24, 2.45) is 0 Å². The maximum absolute atomic E-state index is 12.7. The van der Waals surface area contributed by atoms with Crippen LogP contribution < -0.4 is 0 Å². The summed E-state index contributed by atoms with van der Waals surface area (Å²) >= 11 is 1.96. The van der Waals surface area contributed by atoms with Gasteiger partial charge in [-0.2, -0.15) is 8.78 Å². The molecule has 0 aromatic heterocycles. The molecule has 1 aromatic carbocycles. The molecular weight excluding hydrogens is 265 g/mol. The first-order valence-electron chi connectivity index (χ1n) is 3.55. The van der Waals surface area contributed by atoms with E-state index in [4.69, 9.17) is 10.2 Å². The quantitative estimate of drug-likeness (QED) is 0.811. The van der Waals surface area contributed by atoms with Crippen LogP contribution in [0.25, 0.3) is 0 Å².